The Morgan fingerprint density at radius 3 is 2.88 bits per heavy atom. The summed E-state index contributed by atoms with van der Waals surface area (Å²) in [7, 11) is 0. The molecule has 0 aliphatic carbocycles. The van der Waals surface area contributed by atoms with E-state index in [1.807, 2.05) is 0 Å². The molecule has 94 valence electrons. The summed E-state index contributed by atoms with van der Waals surface area (Å²) in [5.41, 5.74) is 3.99. The van der Waals surface area contributed by atoms with E-state index in [1.165, 1.54) is 23.1 Å². The third-order valence-electron chi connectivity index (χ3n) is 3.64. The van der Waals surface area contributed by atoms with E-state index in [9.17, 15) is 0 Å². The highest BCUT2D eigenvalue weighted by molar-refractivity contribution is 5.32. The van der Waals surface area contributed by atoms with Gasteiger partial charge in [0.1, 0.15) is 0 Å². The lowest BCUT2D eigenvalue weighted by Crippen LogP contribution is -2.29. The van der Waals surface area contributed by atoms with Gasteiger partial charge in [-0.3, -0.25) is 0 Å². The number of rotatable bonds is 2. The van der Waals surface area contributed by atoms with Crippen LogP contribution in [0.25, 0.3) is 0 Å². The van der Waals surface area contributed by atoms with E-state index in [1.54, 1.807) is 0 Å². The Hall–Kier alpha value is -0.860. The molecule has 1 N–H and O–H groups in total. The van der Waals surface area contributed by atoms with Gasteiger partial charge in [-0.2, -0.15) is 0 Å². The fourth-order valence-electron chi connectivity index (χ4n) is 2.52. The summed E-state index contributed by atoms with van der Waals surface area (Å²) < 4.78 is 5.98. The molecule has 1 aromatic carbocycles. The lowest BCUT2D eigenvalue weighted by atomic mass is 10.0. The van der Waals surface area contributed by atoms with Crippen LogP contribution in [-0.2, 0) is 4.74 Å². The van der Waals surface area contributed by atoms with Gasteiger partial charge in [0, 0.05) is 19.2 Å². The predicted molar refractivity (Wildman–Crippen MR) is 71.3 cm³/mol. The highest BCUT2D eigenvalue weighted by Crippen LogP contribution is 2.24. The van der Waals surface area contributed by atoms with Crippen molar-refractivity contribution < 1.29 is 4.74 Å². The molecule has 2 heteroatoms. The molecule has 1 aliphatic heterocycles. The Bertz CT molecular complexity index is 375. The average molecular weight is 233 g/mol. The van der Waals surface area contributed by atoms with Crippen molar-refractivity contribution in [3.63, 3.8) is 0 Å². The monoisotopic (exact) mass is 233 g/mol. The van der Waals surface area contributed by atoms with E-state index in [2.05, 4.69) is 44.3 Å². The molecule has 0 bridgehead atoms. The topological polar surface area (TPSA) is 21.3 Å². The van der Waals surface area contributed by atoms with Crippen molar-refractivity contribution in [2.75, 3.05) is 13.2 Å². The molecule has 0 radical (unpaired) electrons. The van der Waals surface area contributed by atoms with Gasteiger partial charge in [0.2, 0.25) is 0 Å². The standard InChI is InChI=1S/C15H23NO/c1-4-13-7-8-17-15(10-16-13)14-6-5-11(2)9-12(14)3/h5-6,9,13,15-16H,4,7-8,10H2,1-3H3. The van der Waals surface area contributed by atoms with E-state index in [-0.39, 0.29) is 6.10 Å². The highest BCUT2D eigenvalue weighted by atomic mass is 16.5. The first kappa shape index (κ1) is 12.6. The normalized spacial score (nSPS) is 25.6. The smallest absolute Gasteiger partial charge is 0.0951 e. The van der Waals surface area contributed by atoms with E-state index in [0.717, 1.165) is 19.6 Å². The molecule has 0 saturated carbocycles. The molecule has 2 unspecified atom stereocenters. The summed E-state index contributed by atoms with van der Waals surface area (Å²) in [6.45, 7) is 8.34. The quantitative estimate of drug-likeness (QED) is 0.847. The number of nitrogens with one attached hydrogen (secondary N) is 1. The van der Waals surface area contributed by atoms with Gasteiger partial charge in [-0.25, -0.2) is 0 Å². The average Bonchev–Trinajstić information content (AvgIpc) is 2.54. The van der Waals surface area contributed by atoms with E-state index in [4.69, 9.17) is 4.74 Å². The fourth-order valence-corrected chi connectivity index (χ4v) is 2.52. The first-order valence-corrected chi connectivity index (χ1v) is 6.63. The molecule has 1 saturated heterocycles. The van der Waals surface area contributed by atoms with Crippen LogP contribution in [0.1, 0.15) is 42.6 Å². The van der Waals surface area contributed by atoms with Crippen LogP contribution in [0.3, 0.4) is 0 Å². The molecule has 0 spiro atoms. The zero-order valence-corrected chi connectivity index (χ0v) is 11.1. The maximum atomic E-state index is 5.98. The minimum absolute atomic E-state index is 0.215. The molecule has 2 atom stereocenters. The summed E-state index contributed by atoms with van der Waals surface area (Å²) in [5, 5.41) is 3.60. The summed E-state index contributed by atoms with van der Waals surface area (Å²) in [5.74, 6) is 0. The van der Waals surface area contributed by atoms with Crippen molar-refractivity contribution >= 4 is 0 Å². The Kier molecular flexibility index (Phi) is 4.19. The molecule has 2 nitrogen and oxygen atoms in total. The Morgan fingerprint density at radius 2 is 2.18 bits per heavy atom. The third-order valence-corrected chi connectivity index (χ3v) is 3.64. The fraction of sp³-hybridized carbons (Fsp3) is 0.600. The summed E-state index contributed by atoms with van der Waals surface area (Å²) >= 11 is 0. The Labute approximate surface area is 104 Å². The second-order valence-electron chi connectivity index (χ2n) is 5.02. The van der Waals surface area contributed by atoms with E-state index in [0.29, 0.717) is 6.04 Å². The maximum Gasteiger partial charge on any atom is 0.0951 e. The second-order valence-corrected chi connectivity index (χ2v) is 5.02. The lowest BCUT2D eigenvalue weighted by molar-refractivity contribution is 0.0659. The van der Waals surface area contributed by atoms with Crippen LogP contribution in [0.5, 0.6) is 0 Å². The molecule has 0 aromatic heterocycles. The van der Waals surface area contributed by atoms with Crippen LogP contribution in [0.4, 0.5) is 0 Å². The predicted octanol–water partition coefficient (Wildman–Crippen LogP) is 3.13. The van der Waals surface area contributed by atoms with Gasteiger partial charge in [0.05, 0.1) is 6.10 Å². The minimum atomic E-state index is 0.215. The Morgan fingerprint density at radius 1 is 1.35 bits per heavy atom. The van der Waals surface area contributed by atoms with Gasteiger partial charge < -0.3 is 10.1 Å². The summed E-state index contributed by atoms with van der Waals surface area (Å²) in [6.07, 6.45) is 2.52. The van der Waals surface area contributed by atoms with E-state index < -0.39 is 0 Å². The molecular weight excluding hydrogens is 210 g/mol. The molecule has 1 aromatic rings. The Balaban J connectivity index is 2.11. The zero-order valence-electron chi connectivity index (χ0n) is 11.1. The zero-order chi connectivity index (χ0) is 12.3. The maximum absolute atomic E-state index is 5.98. The number of hydrogen-bond donors (Lipinski definition) is 1. The molecule has 0 amide bonds. The van der Waals surface area contributed by atoms with Gasteiger partial charge in [0.15, 0.2) is 0 Å². The van der Waals surface area contributed by atoms with Crippen LogP contribution in [0.2, 0.25) is 0 Å². The van der Waals surface area contributed by atoms with Crippen LogP contribution >= 0.6 is 0 Å². The third kappa shape index (κ3) is 3.08. The minimum Gasteiger partial charge on any atom is -0.372 e. The summed E-state index contributed by atoms with van der Waals surface area (Å²) in [4.78, 5) is 0. The van der Waals surface area contributed by atoms with Crippen molar-refractivity contribution in [3.05, 3.63) is 34.9 Å². The molecule has 1 fully saturated rings. The molecule has 1 heterocycles. The molecular formula is C15H23NO. The SMILES string of the molecule is CCC1CCOC(c2ccc(C)cc2C)CN1. The number of benzene rings is 1. The highest BCUT2D eigenvalue weighted by Gasteiger charge is 2.20. The van der Waals surface area contributed by atoms with Crippen LogP contribution in [0.15, 0.2) is 18.2 Å². The molecule has 1 aliphatic rings. The number of aryl methyl sites for hydroxylation is 2. The number of ether oxygens (including phenoxy) is 1. The first-order valence-electron chi connectivity index (χ1n) is 6.63. The summed E-state index contributed by atoms with van der Waals surface area (Å²) in [6, 6.07) is 7.24. The van der Waals surface area contributed by atoms with Crippen LogP contribution < -0.4 is 5.32 Å². The molecule has 2 rings (SSSR count). The van der Waals surface area contributed by atoms with Crippen LogP contribution in [-0.4, -0.2) is 19.2 Å². The van der Waals surface area contributed by atoms with Crippen molar-refractivity contribution in [2.24, 2.45) is 0 Å². The van der Waals surface area contributed by atoms with Crippen molar-refractivity contribution in [1.29, 1.82) is 0 Å². The second kappa shape index (κ2) is 5.65. The van der Waals surface area contributed by atoms with Gasteiger partial charge in [-0.1, -0.05) is 30.7 Å². The largest absolute Gasteiger partial charge is 0.372 e. The van der Waals surface area contributed by atoms with Gasteiger partial charge in [-0.05, 0) is 37.8 Å². The van der Waals surface area contributed by atoms with Crippen molar-refractivity contribution in [3.8, 4) is 0 Å². The lowest BCUT2D eigenvalue weighted by Gasteiger charge is -2.18. The van der Waals surface area contributed by atoms with Gasteiger partial charge in [0.25, 0.3) is 0 Å². The van der Waals surface area contributed by atoms with Crippen LogP contribution in [0, 0.1) is 13.8 Å². The first-order chi connectivity index (χ1) is 8.20. The van der Waals surface area contributed by atoms with Gasteiger partial charge >= 0.3 is 0 Å². The van der Waals surface area contributed by atoms with Crippen molar-refractivity contribution in [1.82, 2.24) is 5.32 Å². The van der Waals surface area contributed by atoms with Gasteiger partial charge in [-0.15, -0.1) is 0 Å². The number of hydrogen-bond acceptors (Lipinski definition) is 2. The van der Waals surface area contributed by atoms with E-state index >= 15 is 0 Å². The van der Waals surface area contributed by atoms with Crippen molar-refractivity contribution in [2.45, 2.75) is 45.8 Å². The molecule has 17 heavy (non-hydrogen) atoms.